The highest BCUT2D eigenvalue weighted by Crippen LogP contribution is 2.17. The molecule has 0 aliphatic carbocycles. The van der Waals surface area contributed by atoms with Gasteiger partial charge in [-0.2, -0.15) is 0 Å². The van der Waals surface area contributed by atoms with E-state index < -0.39 is 10.0 Å². The predicted molar refractivity (Wildman–Crippen MR) is 106 cm³/mol. The first kappa shape index (κ1) is 21.6. The van der Waals surface area contributed by atoms with Crippen LogP contribution in [0.5, 0.6) is 0 Å². The molecule has 0 radical (unpaired) electrons. The van der Waals surface area contributed by atoms with Gasteiger partial charge in [-0.05, 0) is 32.4 Å². The molecule has 0 bridgehead atoms. The molecule has 0 saturated carbocycles. The van der Waals surface area contributed by atoms with Gasteiger partial charge in [-0.3, -0.25) is 9.69 Å². The van der Waals surface area contributed by atoms with E-state index in [9.17, 15) is 13.2 Å². The Bertz CT molecular complexity index is 700. The van der Waals surface area contributed by atoms with Gasteiger partial charge >= 0.3 is 0 Å². The summed E-state index contributed by atoms with van der Waals surface area (Å²) in [7, 11) is -3.54. The average molecular weight is 398 g/mol. The molecule has 2 N–H and O–H groups in total. The van der Waals surface area contributed by atoms with Crippen molar-refractivity contribution in [1.82, 2.24) is 19.9 Å². The van der Waals surface area contributed by atoms with Crippen LogP contribution in [0.1, 0.15) is 33.6 Å². The van der Waals surface area contributed by atoms with Gasteiger partial charge in [-0.15, -0.1) is 0 Å². The monoisotopic (exact) mass is 397 g/mol. The molecule has 1 amide bonds. The Morgan fingerprint density at radius 2 is 1.93 bits per heavy atom. The third-order valence-corrected chi connectivity index (χ3v) is 6.12. The molecule has 1 atom stereocenters. The fourth-order valence-electron chi connectivity index (χ4n) is 3.13. The number of nitrogens with one attached hydrogen (secondary N) is 2. The van der Waals surface area contributed by atoms with Crippen molar-refractivity contribution in [2.75, 3.05) is 44.2 Å². The average Bonchev–Trinajstić information content (AvgIpc) is 2.62. The van der Waals surface area contributed by atoms with Gasteiger partial charge in [0.15, 0.2) is 0 Å². The molecule has 1 saturated heterocycles. The summed E-state index contributed by atoms with van der Waals surface area (Å²) in [6.45, 7) is 9.90. The van der Waals surface area contributed by atoms with Gasteiger partial charge in [0.1, 0.15) is 10.7 Å². The minimum absolute atomic E-state index is 0.0448. The highest BCUT2D eigenvalue weighted by molar-refractivity contribution is 7.89. The number of likely N-dealkylation sites (N-methyl/N-ethyl adjacent to an activating group) is 1. The third-order valence-electron chi connectivity index (χ3n) is 4.55. The summed E-state index contributed by atoms with van der Waals surface area (Å²) in [5.41, 5.74) is 0. The molecule has 1 fully saturated rings. The number of nitrogens with zero attached hydrogens (tertiary/aromatic N) is 3. The number of amides is 1. The fourth-order valence-corrected chi connectivity index (χ4v) is 4.36. The second kappa shape index (κ2) is 10.0. The lowest BCUT2D eigenvalue weighted by Gasteiger charge is -2.35. The maximum Gasteiger partial charge on any atom is 0.242 e. The Morgan fingerprint density at radius 3 is 2.48 bits per heavy atom. The molecule has 8 nitrogen and oxygen atoms in total. The van der Waals surface area contributed by atoms with Crippen molar-refractivity contribution < 1.29 is 13.2 Å². The molecule has 1 aliphatic rings. The molecule has 1 unspecified atom stereocenters. The number of anilines is 1. The molecule has 0 spiro atoms. The molecule has 0 aromatic carbocycles. The maximum atomic E-state index is 12.4. The van der Waals surface area contributed by atoms with Gasteiger partial charge in [0.05, 0.1) is 6.54 Å². The summed E-state index contributed by atoms with van der Waals surface area (Å²) in [4.78, 5) is 20.4. The Hall–Kier alpha value is -1.71. The molecule has 27 heavy (non-hydrogen) atoms. The summed E-state index contributed by atoms with van der Waals surface area (Å²) < 4.78 is 27.5. The van der Waals surface area contributed by atoms with Crippen LogP contribution in [0.15, 0.2) is 23.2 Å². The minimum Gasteiger partial charge on any atom is -0.355 e. The summed E-state index contributed by atoms with van der Waals surface area (Å²) in [5.74, 6) is 0.802. The lowest BCUT2D eigenvalue weighted by molar-refractivity contribution is -0.122. The highest BCUT2D eigenvalue weighted by atomic mass is 32.2. The second-order valence-corrected chi connectivity index (χ2v) is 8.59. The van der Waals surface area contributed by atoms with E-state index >= 15 is 0 Å². The van der Waals surface area contributed by atoms with Crippen LogP contribution in [0.3, 0.4) is 0 Å². The number of carbonyl (C=O) groups excluding carboxylic acids is 1. The zero-order valence-electron chi connectivity index (χ0n) is 16.4. The van der Waals surface area contributed by atoms with E-state index in [1.807, 2.05) is 20.8 Å². The summed E-state index contributed by atoms with van der Waals surface area (Å²) in [6.07, 6.45) is 3.13. The Morgan fingerprint density at radius 1 is 1.22 bits per heavy atom. The van der Waals surface area contributed by atoms with Gasteiger partial charge in [-0.1, -0.05) is 13.3 Å². The van der Waals surface area contributed by atoms with Crippen molar-refractivity contribution >= 4 is 21.7 Å². The van der Waals surface area contributed by atoms with Gasteiger partial charge in [0.25, 0.3) is 0 Å². The number of hydrogen-bond acceptors (Lipinski definition) is 6. The van der Waals surface area contributed by atoms with E-state index in [-0.39, 0.29) is 16.8 Å². The maximum absolute atomic E-state index is 12.4. The number of carbonyl (C=O) groups is 1. The Balaban J connectivity index is 1.91. The number of aromatic nitrogens is 1. The van der Waals surface area contributed by atoms with Crippen LogP contribution in [0.4, 0.5) is 5.82 Å². The topological polar surface area (TPSA) is 94.6 Å². The van der Waals surface area contributed by atoms with Crippen molar-refractivity contribution in [3.8, 4) is 0 Å². The van der Waals surface area contributed by atoms with E-state index in [4.69, 9.17) is 0 Å². The van der Waals surface area contributed by atoms with Crippen LogP contribution in [-0.2, 0) is 14.8 Å². The van der Waals surface area contributed by atoms with Gasteiger partial charge in [-0.25, -0.2) is 18.1 Å². The smallest absolute Gasteiger partial charge is 0.242 e. The Kier molecular flexibility index (Phi) is 8.00. The van der Waals surface area contributed by atoms with Gasteiger partial charge < -0.3 is 10.2 Å². The molecule has 1 aromatic rings. The number of rotatable bonds is 9. The number of piperazine rings is 1. The molecular formula is C18H31N5O3S. The van der Waals surface area contributed by atoms with Crippen molar-refractivity contribution in [1.29, 1.82) is 0 Å². The van der Waals surface area contributed by atoms with E-state index in [0.29, 0.717) is 13.1 Å². The van der Waals surface area contributed by atoms with Crippen LogP contribution in [0, 0.1) is 0 Å². The predicted octanol–water partition coefficient (Wildman–Crippen LogP) is 0.807. The van der Waals surface area contributed by atoms with Gasteiger partial charge in [0, 0.05) is 45.0 Å². The molecule has 2 heterocycles. The number of hydrogen-bond donors (Lipinski definition) is 2. The van der Waals surface area contributed by atoms with E-state index in [2.05, 4.69) is 24.8 Å². The largest absolute Gasteiger partial charge is 0.355 e. The zero-order valence-corrected chi connectivity index (χ0v) is 17.3. The lowest BCUT2D eigenvalue weighted by Crippen LogP contribution is -2.49. The van der Waals surface area contributed by atoms with Crippen LogP contribution in [0.25, 0.3) is 0 Å². The minimum atomic E-state index is -3.54. The summed E-state index contributed by atoms with van der Waals surface area (Å²) in [6, 6.07) is 3.25. The SMILES string of the molecule is CCCC(C)NS(=O)(=O)c1ccc(N2CCN(CC(=O)NCC)CC2)nc1. The number of pyridine rings is 1. The zero-order chi connectivity index (χ0) is 19.9. The molecular weight excluding hydrogens is 366 g/mol. The van der Waals surface area contributed by atoms with E-state index in [1.165, 1.54) is 6.20 Å². The Labute approximate surface area is 162 Å². The quantitative estimate of drug-likeness (QED) is 0.640. The normalized spacial score (nSPS) is 16.9. The van der Waals surface area contributed by atoms with Crippen molar-refractivity contribution in [2.24, 2.45) is 0 Å². The summed E-state index contributed by atoms with van der Waals surface area (Å²) >= 11 is 0. The molecule has 2 rings (SSSR count). The third kappa shape index (κ3) is 6.44. The van der Waals surface area contributed by atoms with Crippen molar-refractivity contribution in [2.45, 2.75) is 44.6 Å². The van der Waals surface area contributed by atoms with Crippen LogP contribution >= 0.6 is 0 Å². The first-order valence-corrected chi connectivity index (χ1v) is 11.1. The van der Waals surface area contributed by atoms with E-state index in [1.54, 1.807) is 12.1 Å². The molecule has 152 valence electrons. The lowest BCUT2D eigenvalue weighted by atomic mass is 10.2. The second-order valence-electron chi connectivity index (χ2n) is 6.88. The van der Waals surface area contributed by atoms with Crippen LogP contribution < -0.4 is 14.9 Å². The fraction of sp³-hybridized carbons (Fsp3) is 0.667. The summed E-state index contributed by atoms with van der Waals surface area (Å²) in [5, 5.41) is 2.81. The number of sulfonamides is 1. The first-order valence-electron chi connectivity index (χ1n) is 9.58. The molecule has 1 aromatic heterocycles. The van der Waals surface area contributed by atoms with E-state index in [0.717, 1.165) is 44.8 Å². The van der Waals surface area contributed by atoms with Crippen molar-refractivity contribution in [3.63, 3.8) is 0 Å². The van der Waals surface area contributed by atoms with Crippen molar-refractivity contribution in [3.05, 3.63) is 18.3 Å². The van der Waals surface area contributed by atoms with Crippen LogP contribution in [-0.4, -0.2) is 69.5 Å². The highest BCUT2D eigenvalue weighted by Gasteiger charge is 2.21. The van der Waals surface area contributed by atoms with Crippen LogP contribution in [0.2, 0.25) is 0 Å². The van der Waals surface area contributed by atoms with Gasteiger partial charge in [0.2, 0.25) is 15.9 Å². The first-order chi connectivity index (χ1) is 12.9. The standard InChI is InChI=1S/C18H31N5O3S/c1-4-6-15(3)21-27(25,26)16-7-8-17(20-13-16)23-11-9-22(10-12-23)14-18(24)19-5-2/h7-8,13,15,21H,4-6,9-12,14H2,1-3H3,(H,19,24). The molecule has 1 aliphatic heterocycles. The molecule has 9 heteroatoms.